The predicted molar refractivity (Wildman–Crippen MR) is 128 cm³/mol. The molecule has 3 amide bonds. The highest BCUT2D eigenvalue weighted by Gasteiger charge is 2.73. The number of hydrogen-bond donors (Lipinski definition) is 5. The highest BCUT2D eigenvalue weighted by Crippen LogP contribution is 2.65. The van der Waals surface area contributed by atoms with Crippen molar-refractivity contribution in [1.29, 1.82) is 0 Å². The number of amides is 3. The maximum absolute atomic E-state index is 12.8. The van der Waals surface area contributed by atoms with Crippen molar-refractivity contribution in [2.24, 2.45) is 5.92 Å². The van der Waals surface area contributed by atoms with Crippen LogP contribution in [0.3, 0.4) is 0 Å². The van der Waals surface area contributed by atoms with Crippen LogP contribution < -0.4 is 20.7 Å². The Balaban J connectivity index is 1.25. The van der Waals surface area contributed by atoms with Crippen molar-refractivity contribution in [2.45, 2.75) is 74.7 Å². The number of nitrogens with zero attached hydrogens (tertiary/aromatic N) is 1. The molecule has 194 valence electrons. The largest absolute Gasteiger partial charge is 0.504 e. The number of benzene rings is 1. The van der Waals surface area contributed by atoms with Crippen molar-refractivity contribution in [2.75, 3.05) is 26.2 Å². The minimum Gasteiger partial charge on any atom is -0.504 e. The second kappa shape index (κ2) is 8.34. The van der Waals surface area contributed by atoms with E-state index in [0.717, 1.165) is 30.6 Å². The number of carbonyl (C=O) groups is 3. The van der Waals surface area contributed by atoms with Crippen molar-refractivity contribution in [3.63, 3.8) is 0 Å². The van der Waals surface area contributed by atoms with Crippen LogP contribution in [0.5, 0.6) is 11.5 Å². The molecule has 10 nitrogen and oxygen atoms in total. The van der Waals surface area contributed by atoms with E-state index in [1.165, 1.54) is 19.8 Å². The first-order valence-corrected chi connectivity index (χ1v) is 13.0. The molecule has 36 heavy (non-hydrogen) atoms. The lowest BCUT2D eigenvalue weighted by atomic mass is 9.48. The number of hydrogen-bond acceptors (Lipinski definition) is 7. The van der Waals surface area contributed by atoms with Gasteiger partial charge in [0.1, 0.15) is 6.10 Å². The molecule has 2 aliphatic heterocycles. The van der Waals surface area contributed by atoms with E-state index >= 15 is 0 Å². The molecule has 1 saturated heterocycles. The Morgan fingerprint density at radius 3 is 2.64 bits per heavy atom. The summed E-state index contributed by atoms with van der Waals surface area (Å²) in [4.78, 5) is 38.1. The number of aliphatic hydroxyl groups is 1. The molecular formula is C26H34N4O6. The van der Waals surface area contributed by atoms with Crippen molar-refractivity contribution < 1.29 is 29.3 Å². The Bertz CT molecular complexity index is 1120. The molecule has 5 atom stereocenters. The lowest BCUT2D eigenvalue weighted by molar-refractivity contribution is -0.192. The fourth-order valence-corrected chi connectivity index (χ4v) is 7.33. The van der Waals surface area contributed by atoms with Crippen LogP contribution in [0.25, 0.3) is 0 Å². The quantitative estimate of drug-likeness (QED) is 0.348. The smallest absolute Gasteiger partial charge is 0.239 e. The van der Waals surface area contributed by atoms with Gasteiger partial charge in [-0.2, -0.15) is 0 Å². The fraction of sp³-hybridized carbons (Fsp3) is 0.654. The molecule has 5 N–H and O–H groups in total. The van der Waals surface area contributed by atoms with Gasteiger partial charge in [0, 0.05) is 25.1 Å². The molecule has 6 rings (SSSR count). The van der Waals surface area contributed by atoms with Gasteiger partial charge in [0.2, 0.25) is 17.7 Å². The number of rotatable bonds is 7. The number of phenolic OH excluding ortho intramolecular Hbond substituents is 1. The van der Waals surface area contributed by atoms with Gasteiger partial charge in [0.05, 0.1) is 30.1 Å². The fourth-order valence-electron chi connectivity index (χ4n) is 7.33. The maximum Gasteiger partial charge on any atom is 0.239 e. The van der Waals surface area contributed by atoms with E-state index in [4.69, 9.17) is 4.74 Å². The zero-order valence-electron chi connectivity index (χ0n) is 20.5. The Kier molecular flexibility index (Phi) is 5.46. The molecule has 2 heterocycles. The molecule has 3 fully saturated rings. The highest BCUT2D eigenvalue weighted by atomic mass is 16.5. The second-order valence-corrected chi connectivity index (χ2v) is 11.2. The number of ether oxygens (including phenoxy) is 1. The van der Waals surface area contributed by atoms with Gasteiger partial charge in [-0.05, 0) is 62.6 Å². The lowest BCUT2D eigenvalue weighted by Crippen LogP contribution is -2.78. The van der Waals surface area contributed by atoms with E-state index in [0.29, 0.717) is 30.9 Å². The number of aromatic hydroxyl groups is 1. The zero-order chi connectivity index (χ0) is 25.2. The van der Waals surface area contributed by atoms with Gasteiger partial charge in [0.25, 0.3) is 0 Å². The third-order valence-corrected chi connectivity index (χ3v) is 9.05. The molecule has 2 bridgehead atoms. The van der Waals surface area contributed by atoms with Gasteiger partial charge in [-0.25, -0.2) is 0 Å². The number of piperidine rings is 1. The monoisotopic (exact) mass is 498 g/mol. The highest BCUT2D eigenvalue weighted by molar-refractivity contribution is 5.87. The number of nitrogens with one attached hydrogen (secondary N) is 3. The van der Waals surface area contributed by atoms with E-state index in [1.54, 1.807) is 6.07 Å². The Hall–Kier alpha value is -2.85. The Labute approximate surface area is 209 Å². The van der Waals surface area contributed by atoms with E-state index < -0.39 is 23.0 Å². The molecule has 0 aromatic heterocycles. The normalized spacial score (nSPS) is 33.8. The number of carbonyl (C=O) groups excluding carboxylic acids is 3. The molecule has 4 unspecified atom stereocenters. The van der Waals surface area contributed by atoms with E-state index in [1.807, 2.05) is 6.07 Å². The van der Waals surface area contributed by atoms with Crippen LogP contribution in [-0.4, -0.2) is 82.8 Å². The standard InChI is InChI=1S/C26H34N4O6/c1-14(31)27-11-20(33)28-12-21(34)29-17-6-7-26(35)19-10-16-4-5-18(32)23-22(16)25(26,24(17)36-23)8-9-30(19)13-15-2-3-15/h4-5,15,17,19,24,32,35H,2-3,6-13H2,1H3,(H,27,31)(H,28,33)(H,29,34)/t17?,19-,24?,25?,26?/m1/s1. The zero-order valence-corrected chi connectivity index (χ0v) is 20.5. The predicted octanol–water partition coefficient (Wildman–Crippen LogP) is -0.307. The molecule has 3 aliphatic carbocycles. The van der Waals surface area contributed by atoms with Crippen LogP contribution >= 0.6 is 0 Å². The summed E-state index contributed by atoms with van der Waals surface area (Å²) >= 11 is 0. The van der Waals surface area contributed by atoms with Crippen LogP contribution in [-0.2, 0) is 26.2 Å². The van der Waals surface area contributed by atoms with E-state index in [2.05, 4.69) is 20.9 Å². The van der Waals surface area contributed by atoms with Crippen molar-refractivity contribution in [1.82, 2.24) is 20.9 Å². The molecular weight excluding hydrogens is 464 g/mol. The van der Waals surface area contributed by atoms with Crippen LogP contribution in [0, 0.1) is 5.92 Å². The Morgan fingerprint density at radius 2 is 1.89 bits per heavy atom. The minimum atomic E-state index is -1.01. The molecule has 5 aliphatic rings. The number of phenols is 1. The van der Waals surface area contributed by atoms with E-state index in [-0.39, 0.29) is 42.7 Å². The van der Waals surface area contributed by atoms with Crippen LogP contribution in [0.4, 0.5) is 0 Å². The first-order chi connectivity index (χ1) is 17.2. The summed E-state index contributed by atoms with van der Waals surface area (Å²) in [6.07, 6.45) is 4.47. The summed E-state index contributed by atoms with van der Waals surface area (Å²) < 4.78 is 6.43. The SMILES string of the molecule is CC(=O)NCC(=O)NCC(=O)NC1CCC2(O)[C@H]3Cc4ccc(O)c5c4C2(CCN3CC2CC2)C1O5. The summed E-state index contributed by atoms with van der Waals surface area (Å²) in [5.41, 5.74) is 0.312. The second-order valence-electron chi connectivity index (χ2n) is 11.2. The summed E-state index contributed by atoms with van der Waals surface area (Å²) in [6, 6.07) is 3.23. The van der Waals surface area contributed by atoms with Crippen LogP contribution in [0.1, 0.15) is 50.2 Å². The van der Waals surface area contributed by atoms with Gasteiger partial charge in [-0.1, -0.05) is 6.07 Å². The van der Waals surface area contributed by atoms with Crippen LogP contribution in [0.15, 0.2) is 12.1 Å². The molecule has 1 spiro atoms. The van der Waals surface area contributed by atoms with Gasteiger partial charge < -0.3 is 30.9 Å². The summed E-state index contributed by atoms with van der Waals surface area (Å²) in [6.45, 7) is 2.76. The molecule has 1 aromatic rings. The number of likely N-dealkylation sites (tertiary alicyclic amines) is 1. The van der Waals surface area contributed by atoms with Crippen molar-refractivity contribution in [3.05, 3.63) is 23.3 Å². The summed E-state index contributed by atoms with van der Waals surface area (Å²) in [5.74, 6) is 0.0863. The van der Waals surface area contributed by atoms with Gasteiger partial charge in [-0.3, -0.25) is 19.3 Å². The van der Waals surface area contributed by atoms with Gasteiger partial charge in [-0.15, -0.1) is 0 Å². The van der Waals surface area contributed by atoms with Gasteiger partial charge >= 0.3 is 0 Å². The molecule has 0 radical (unpaired) electrons. The maximum atomic E-state index is 12.8. The molecule has 2 saturated carbocycles. The minimum absolute atomic E-state index is 0.0225. The topological polar surface area (TPSA) is 140 Å². The van der Waals surface area contributed by atoms with Gasteiger partial charge in [0.15, 0.2) is 11.5 Å². The molecule has 1 aromatic carbocycles. The summed E-state index contributed by atoms with van der Waals surface area (Å²) in [5, 5.41) is 31.1. The van der Waals surface area contributed by atoms with Crippen molar-refractivity contribution in [3.8, 4) is 11.5 Å². The van der Waals surface area contributed by atoms with E-state index in [9.17, 15) is 24.6 Å². The lowest BCUT2D eigenvalue weighted by Gasteiger charge is -2.64. The first kappa shape index (κ1) is 23.5. The first-order valence-electron chi connectivity index (χ1n) is 13.0. The average molecular weight is 499 g/mol. The average Bonchev–Trinajstić information content (AvgIpc) is 3.58. The summed E-state index contributed by atoms with van der Waals surface area (Å²) in [7, 11) is 0. The van der Waals surface area contributed by atoms with Crippen molar-refractivity contribution >= 4 is 17.7 Å². The third-order valence-electron chi connectivity index (χ3n) is 9.05. The molecule has 10 heteroatoms. The third kappa shape index (κ3) is 3.48. The van der Waals surface area contributed by atoms with Crippen LogP contribution in [0.2, 0.25) is 0 Å². The Morgan fingerprint density at radius 1 is 1.11 bits per heavy atom.